The normalized spacial score (nSPS) is 20.8. The van der Waals surface area contributed by atoms with E-state index in [0.717, 1.165) is 24.0 Å². The number of benzene rings is 2. The quantitative estimate of drug-likeness (QED) is 0.926. The zero-order chi connectivity index (χ0) is 14.9. The molecule has 1 atom stereocenters. The minimum Gasteiger partial charge on any atom is -0.481 e. The van der Waals surface area contributed by atoms with E-state index in [-0.39, 0.29) is 0 Å². The van der Waals surface area contributed by atoms with Crippen LogP contribution in [0.15, 0.2) is 48.5 Å². The smallest absolute Gasteiger partial charge is 0.314 e. The van der Waals surface area contributed by atoms with Crippen LogP contribution < -0.4 is 0 Å². The van der Waals surface area contributed by atoms with Crippen LogP contribution in [-0.4, -0.2) is 11.1 Å². The van der Waals surface area contributed by atoms with Gasteiger partial charge < -0.3 is 5.11 Å². The van der Waals surface area contributed by atoms with Gasteiger partial charge in [-0.1, -0.05) is 54.1 Å². The summed E-state index contributed by atoms with van der Waals surface area (Å²) in [5.74, 6) is -0.699. The molecule has 0 saturated carbocycles. The summed E-state index contributed by atoms with van der Waals surface area (Å²) >= 11 is 0. The highest BCUT2D eigenvalue weighted by Gasteiger charge is 2.43. The Morgan fingerprint density at radius 2 is 1.86 bits per heavy atom. The molecule has 0 spiro atoms. The van der Waals surface area contributed by atoms with E-state index < -0.39 is 11.4 Å². The van der Waals surface area contributed by atoms with Gasteiger partial charge in [0.1, 0.15) is 0 Å². The molecular formula is C19H20O2. The lowest BCUT2D eigenvalue weighted by Gasteiger charge is -2.35. The van der Waals surface area contributed by atoms with Gasteiger partial charge in [-0.3, -0.25) is 4.79 Å². The minimum atomic E-state index is -0.774. The topological polar surface area (TPSA) is 37.3 Å². The number of hydrogen-bond acceptors (Lipinski definition) is 1. The van der Waals surface area contributed by atoms with Crippen molar-refractivity contribution in [1.82, 2.24) is 0 Å². The fourth-order valence-electron chi connectivity index (χ4n) is 3.46. The van der Waals surface area contributed by atoms with Gasteiger partial charge in [0.25, 0.3) is 0 Å². The Morgan fingerprint density at radius 1 is 1.14 bits per heavy atom. The van der Waals surface area contributed by atoms with E-state index >= 15 is 0 Å². The van der Waals surface area contributed by atoms with Crippen molar-refractivity contribution in [2.45, 2.75) is 38.0 Å². The number of fused-ring (bicyclic) bond motifs is 1. The van der Waals surface area contributed by atoms with Crippen LogP contribution in [-0.2, 0) is 23.1 Å². The molecule has 0 radical (unpaired) electrons. The summed E-state index contributed by atoms with van der Waals surface area (Å²) in [5.41, 5.74) is 3.72. The number of carbonyl (C=O) groups is 1. The molecule has 0 fully saturated rings. The van der Waals surface area contributed by atoms with Gasteiger partial charge in [0.05, 0.1) is 5.41 Å². The summed E-state index contributed by atoms with van der Waals surface area (Å²) < 4.78 is 0. The van der Waals surface area contributed by atoms with Gasteiger partial charge in [-0.2, -0.15) is 0 Å². The molecule has 1 unspecified atom stereocenters. The van der Waals surface area contributed by atoms with Crippen LogP contribution in [0.5, 0.6) is 0 Å². The molecule has 0 heterocycles. The second kappa shape index (κ2) is 5.36. The molecule has 108 valence electrons. The fourth-order valence-corrected chi connectivity index (χ4v) is 3.46. The van der Waals surface area contributed by atoms with Crippen molar-refractivity contribution >= 4 is 5.97 Å². The van der Waals surface area contributed by atoms with Gasteiger partial charge in [-0.05, 0) is 49.3 Å². The number of hydrogen-bond donors (Lipinski definition) is 1. The van der Waals surface area contributed by atoms with Gasteiger partial charge in [0, 0.05) is 0 Å². The third kappa shape index (κ3) is 2.46. The molecule has 0 saturated heterocycles. The molecule has 2 nitrogen and oxygen atoms in total. The molecule has 21 heavy (non-hydrogen) atoms. The van der Waals surface area contributed by atoms with Crippen molar-refractivity contribution in [3.63, 3.8) is 0 Å². The van der Waals surface area contributed by atoms with Gasteiger partial charge >= 0.3 is 5.97 Å². The molecule has 2 aromatic carbocycles. The highest BCUT2D eigenvalue weighted by Crippen LogP contribution is 2.40. The maximum Gasteiger partial charge on any atom is 0.314 e. The van der Waals surface area contributed by atoms with Gasteiger partial charge in [-0.15, -0.1) is 0 Å². The number of aryl methyl sites for hydroxylation is 2. The molecule has 3 rings (SSSR count). The lowest BCUT2D eigenvalue weighted by Crippen LogP contribution is -2.41. The van der Waals surface area contributed by atoms with Crippen LogP contribution in [0.3, 0.4) is 0 Å². The average molecular weight is 280 g/mol. The predicted molar refractivity (Wildman–Crippen MR) is 83.6 cm³/mol. The van der Waals surface area contributed by atoms with Crippen LogP contribution in [0.1, 0.15) is 35.1 Å². The average Bonchev–Trinajstić information content (AvgIpc) is 2.50. The fraction of sp³-hybridized carbons (Fsp3) is 0.316. The zero-order valence-corrected chi connectivity index (χ0v) is 12.3. The van der Waals surface area contributed by atoms with Crippen molar-refractivity contribution < 1.29 is 9.90 Å². The van der Waals surface area contributed by atoms with Crippen LogP contribution in [0.4, 0.5) is 0 Å². The summed E-state index contributed by atoms with van der Waals surface area (Å²) in [5, 5.41) is 9.95. The largest absolute Gasteiger partial charge is 0.481 e. The summed E-state index contributed by atoms with van der Waals surface area (Å²) in [4.78, 5) is 12.1. The van der Waals surface area contributed by atoms with Crippen LogP contribution in [0.25, 0.3) is 0 Å². The highest BCUT2D eigenvalue weighted by molar-refractivity contribution is 5.83. The summed E-state index contributed by atoms with van der Waals surface area (Å²) in [7, 11) is 0. The zero-order valence-electron chi connectivity index (χ0n) is 12.3. The monoisotopic (exact) mass is 280 g/mol. The second-order valence-corrected chi connectivity index (χ2v) is 6.06. The highest BCUT2D eigenvalue weighted by atomic mass is 16.4. The number of carboxylic acids is 1. The molecule has 0 amide bonds. The number of carboxylic acid groups (broad SMARTS) is 1. The first-order chi connectivity index (χ1) is 10.1. The Balaban J connectivity index is 2.05. The Kier molecular flexibility index (Phi) is 3.54. The van der Waals surface area contributed by atoms with Crippen LogP contribution in [0, 0.1) is 6.92 Å². The number of aliphatic carboxylic acids is 1. The number of rotatable bonds is 3. The maximum absolute atomic E-state index is 12.1. The lowest BCUT2D eigenvalue weighted by atomic mass is 9.67. The molecule has 0 aliphatic heterocycles. The Bertz CT molecular complexity index is 658. The van der Waals surface area contributed by atoms with E-state index in [4.69, 9.17) is 0 Å². The molecule has 0 bridgehead atoms. The predicted octanol–water partition coefficient (Wildman–Crippen LogP) is 3.90. The SMILES string of the molecule is Cc1ccc(CC2(C(=O)O)CCCc3ccccc32)cc1. The summed E-state index contributed by atoms with van der Waals surface area (Å²) in [6.45, 7) is 2.05. The van der Waals surface area contributed by atoms with E-state index in [1.54, 1.807) is 0 Å². The van der Waals surface area contributed by atoms with E-state index in [1.165, 1.54) is 11.1 Å². The Hall–Kier alpha value is -2.09. The van der Waals surface area contributed by atoms with E-state index in [0.29, 0.717) is 12.8 Å². The third-order valence-corrected chi connectivity index (χ3v) is 4.62. The van der Waals surface area contributed by atoms with Gasteiger partial charge in [0.15, 0.2) is 0 Å². The summed E-state index contributed by atoms with van der Waals surface area (Å²) in [6.07, 6.45) is 3.21. The Morgan fingerprint density at radius 3 is 2.57 bits per heavy atom. The van der Waals surface area contributed by atoms with Crippen molar-refractivity contribution in [2.75, 3.05) is 0 Å². The maximum atomic E-state index is 12.1. The molecule has 2 aromatic rings. The first-order valence-electron chi connectivity index (χ1n) is 7.49. The van der Waals surface area contributed by atoms with Crippen LogP contribution >= 0.6 is 0 Å². The standard InChI is InChI=1S/C19H20O2/c1-14-8-10-15(11-9-14)13-19(18(20)21)12-4-6-16-5-2-3-7-17(16)19/h2-3,5,7-11H,4,6,12-13H2,1H3,(H,20,21). The first kappa shape index (κ1) is 13.9. The third-order valence-electron chi connectivity index (χ3n) is 4.62. The molecule has 1 aliphatic rings. The van der Waals surface area contributed by atoms with Crippen molar-refractivity contribution in [2.24, 2.45) is 0 Å². The Labute approximate surface area is 125 Å². The first-order valence-corrected chi connectivity index (χ1v) is 7.49. The summed E-state index contributed by atoms with van der Waals surface area (Å²) in [6, 6.07) is 16.2. The van der Waals surface area contributed by atoms with Gasteiger partial charge in [-0.25, -0.2) is 0 Å². The van der Waals surface area contributed by atoms with E-state index in [9.17, 15) is 9.90 Å². The van der Waals surface area contributed by atoms with Crippen molar-refractivity contribution in [1.29, 1.82) is 0 Å². The van der Waals surface area contributed by atoms with Crippen molar-refractivity contribution in [3.05, 3.63) is 70.8 Å². The van der Waals surface area contributed by atoms with E-state index in [1.807, 2.05) is 25.1 Å². The van der Waals surface area contributed by atoms with Crippen molar-refractivity contribution in [3.8, 4) is 0 Å². The van der Waals surface area contributed by atoms with Gasteiger partial charge in [0.2, 0.25) is 0 Å². The molecule has 1 N–H and O–H groups in total. The molecule has 0 aromatic heterocycles. The molecule has 1 aliphatic carbocycles. The lowest BCUT2D eigenvalue weighted by molar-refractivity contribution is -0.144. The second-order valence-electron chi connectivity index (χ2n) is 6.06. The van der Waals surface area contributed by atoms with E-state index in [2.05, 4.69) is 30.3 Å². The molecule has 2 heteroatoms. The molecular weight excluding hydrogens is 260 g/mol. The van der Waals surface area contributed by atoms with Crippen LogP contribution in [0.2, 0.25) is 0 Å². The minimum absolute atomic E-state index is 0.569.